The Kier molecular flexibility index (Phi) is 4.87. The van der Waals surface area contributed by atoms with Gasteiger partial charge in [-0.1, -0.05) is 45.8 Å². The van der Waals surface area contributed by atoms with Crippen molar-refractivity contribution in [2.75, 3.05) is 0 Å². The molecule has 1 heterocycles. The van der Waals surface area contributed by atoms with Gasteiger partial charge in [-0.2, -0.15) is 0 Å². The lowest BCUT2D eigenvalue weighted by Gasteiger charge is -2.60. The van der Waals surface area contributed by atoms with Gasteiger partial charge in [0.05, 0.1) is 23.9 Å². The van der Waals surface area contributed by atoms with E-state index in [1.54, 1.807) is 11.1 Å². The van der Waals surface area contributed by atoms with Gasteiger partial charge in [-0.05, 0) is 93.3 Å². The summed E-state index contributed by atoms with van der Waals surface area (Å²) in [5.41, 5.74) is 4.14. The first-order valence-corrected chi connectivity index (χ1v) is 12.9. The van der Waals surface area contributed by atoms with E-state index in [2.05, 4.69) is 34.6 Å². The third-order valence-electron chi connectivity index (χ3n) is 11.5. The number of ether oxygens (including phenoxy) is 1. The average molecular weight is 417 g/mol. The van der Waals surface area contributed by atoms with Gasteiger partial charge < -0.3 is 14.9 Å². The monoisotopic (exact) mass is 416 g/mol. The summed E-state index contributed by atoms with van der Waals surface area (Å²) in [4.78, 5) is 0. The molecule has 3 nitrogen and oxygen atoms in total. The van der Waals surface area contributed by atoms with Crippen molar-refractivity contribution in [1.29, 1.82) is 0 Å². The molecule has 1 unspecified atom stereocenters. The number of aliphatic hydroxyl groups excluding tert-OH is 2. The van der Waals surface area contributed by atoms with E-state index in [-0.39, 0.29) is 34.7 Å². The fraction of sp³-hybridized carbons (Fsp3) is 0.926. The zero-order valence-corrected chi connectivity index (χ0v) is 20.0. The van der Waals surface area contributed by atoms with Gasteiger partial charge in [0.15, 0.2) is 0 Å². The Morgan fingerprint density at radius 2 is 1.77 bits per heavy atom. The lowest BCUT2D eigenvalue weighted by atomic mass is 9.45. The van der Waals surface area contributed by atoms with Crippen molar-refractivity contribution in [2.24, 2.45) is 28.1 Å². The average Bonchev–Trinajstić information content (AvgIpc) is 3.18. The second kappa shape index (κ2) is 6.81. The molecule has 0 radical (unpaired) electrons. The molecule has 4 aliphatic carbocycles. The van der Waals surface area contributed by atoms with Gasteiger partial charge in [0.2, 0.25) is 0 Å². The van der Waals surface area contributed by atoms with Gasteiger partial charge in [-0.15, -0.1) is 0 Å². The minimum Gasteiger partial charge on any atom is -0.393 e. The molecular weight excluding hydrogens is 372 g/mol. The van der Waals surface area contributed by atoms with Crippen molar-refractivity contribution in [1.82, 2.24) is 0 Å². The molecule has 0 bridgehead atoms. The molecule has 5 aliphatic rings. The van der Waals surface area contributed by atoms with Gasteiger partial charge in [0, 0.05) is 5.41 Å². The van der Waals surface area contributed by atoms with Crippen LogP contribution in [0.1, 0.15) is 105 Å². The van der Waals surface area contributed by atoms with Crippen molar-refractivity contribution < 1.29 is 14.9 Å². The van der Waals surface area contributed by atoms with E-state index < -0.39 is 0 Å². The molecule has 2 N–H and O–H groups in total. The Bertz CT molecular complexity index is 744. The van der Waals surface area contributed by atoms with Crippen LogP contribution in [0.3, 0.4) is 0 Å². The van der Waals surface area contributed by atoms with Gasteiger partial charge >= 0.3 is 0 Å². The van der Waals surface area contributed by atoms with Crippen molar-refractivity contribution in [3.63, 3.8) is 0 Å². The molecule has 170 valence electrons. The largest absolute Gasteiger partial charge is 0.393 e. The topological polar surface area (TPSA) is 49.7 Å². The van der Waals surface area contributed by atoms with E-state index in [4.69, 9.17) is 4.74 Å². The van der Waals surface area contributed by atoms with Crippen LogP contribution in [0.4, 0.5) is 0 Å². The summed E-state index contributed by atoms with van der Waals surface area (Å²) in [6.07, 6.45) is 11.8. The number of fused-ring (bicyclic) bond motifs is 5. The summed E-state index contributed by atoms with van der Waals surface area (Å²) in [5, 5.41) is 20.9. The van der Waals surface area contributed by atoms with Crippen molar-refractivity contribution in [3.8, 4) is 0 Å². The van der Waals surface area contributed by atoms with Crippen LogP contribution in [0.15, 0.2) is 11.1 Å². The maximum absolute atomic E-state index is 10.6. The molecule has 2 saturated carbocycles. The van der Waals surface area contributed by atoms with Gasteiger partial charge in [0.1, 0.15) is 0 Å². The number of hydrogen-bond acceptors (Lipinski definition) is 3. The Morgan fingerprint density at radius 1 is 1.00 bits per heavy atom. The van der Waals surface area contributed by atoms with Crippen molar-refractivity contribution in [3.05, 3.63) is 11.1 Å². The molecule has 5 rings (SSSR count). The first-order valence-electron chi connectivity index (χ1n) is 12.9. The molecule has 1 spiro atoms. The molecule has 0 amide bonds. The minimum absolute atomic E-state index is 0.00707. The normalized spacial score (nSPS) is 54.1. The van der Waals surface area contributed by atoms with E-state index in [0.717, 1.165) is 38.5 Å². The second-order valence-corrected chi connectivity index (χ2v) is 12.4. The number of allylic oxidation sites excluding steroid dienone is 2. The fourth-order valence-corrected chi connectivity index (χ4v) is 9.32. The Morgan fingerprint density at radius 3 is 2.50 bits per heavy atom. The predicted molar refractivity (Wildman–Crippen MR) is 120 cm³/mol. The molecule has 0 aromatic heterocycles. The fourth-order valence-electron chi connectivity index (χ4n) is 9.32. The van der Waals surface area contributed by atoms with Gasteiger partial charge in [-0.25, -0.2) is 0 Å². The third kappa shape index (κ3) is 2.49. The van der Waals surface area contributed by atoms with Crippen LogP contribution in [0.2, 0.25) is 0 Å². The maximum Gasteiger partial charge on any atom is 0.0845 e. The summed E-state index contributed by atoms with van der Waals surface area (Å²) >= 11 is 0. The predicted octanol–water partition coefficient (Wildman–Crippen LogP) is 5.78. The van der Waals surface area contributed by atoms with E-state index >= 15 is 0 Å². The zero-order chi connectivity index (χ0) is 21.5. The summed E-state index contributed by atoms with van der Waals surface area (Å²) < 4.78 is 6.93. The molecule has 1 saturated heterocycles. The van der Waals surface area contributed by atoms with Gasteiger partial charge in [0.25, 0.3) is 0 Å². The second-order valence-electron chi connectivity index (χ2n) is 12.4. The van der Waals surface area contributed by atoms with Crippen LogP contribution in [0.5, 0.6) is 0 Å². The Hall–Kier alpha value is -0.380. The minimum atomic E-state index is -0.330. The number of rotatable bonds is 2. The van der Waals surface area contributed by atoms with Crippen LogP contribution in [-0.2, 0) is 4.74 Å². The molecule has 3 heteroatoms. The van der Waals surface area contributed by atoms with E-state index in [0.29, 0.717) is 17.3 Å². The zero-order valence-electron chi connectivity index (χ0n) is 20.0. The van der Waals surface area contributed by atoms with Crippen LogP contribution in [-0.4, -0.2) is 34.1 Å². The standard InChI is InChI=1S/C27H44O3/c1-6-22(29)23-15-17(2)27(30-23)14-13-25(4)21-8-7-18-16-19(28)9-11-24(18,3)20(21)10-12-26(25,27)5/h17-19,22-23,28-29H,6-16H2,1-5H3/t17-,18+,19+,22?,23+,24+,25+,26+,27+/m1/s1. The first kappa shape index (κ1) is 21.5. The number of aliphatic hydroxyl groups is 2. The highest BCUT2D eigenvalue weighted by Crippen LogP contribution is 2.74. The lowest BCUT2D eigenvalue weighted by molar-refractivity contribution is -0.167. The molecule has 30 heavy (non-hydrogen) atoms. The van der Waals surface area contributed by atoms with Crippen LogP contribution >= 0.6 is 0 Å². The molecule has 0 aromatic rings. The SMILES string of the molecule is CCC(O)[C@@H]1C[C@@H](C)[C@]2(CC[C@@]3(C)C4=C(CC[C@@]32C)[C@@]2(C)CC[C@H](O)C[C@@H]2CC4)O1. The molecular formula is C27H44O3. The van der Waals surface area contributed by atoms with Crippen molar-refractivity contribution >= 4 is 0 Å². The van der Waals surface area contributed by atoms with Crippen LogP contribution < -0.4 is 0 Å². The third-order valence-corrected chi connectivity index (χ3v) is 11.5. The molecule has 3 fully saturated rings. The molecule has 9 atom stereocenters. The van der Waals surface area contributed by atoms with Crippen LogP contribution in [0.25, 0.3) is 0 Å². The summed E-state index contributed by atoms with van der Waals surface area (Å²) in [5.74, 6) is 1.17. The number of hydrogen-bond donors (Lipinski definition) is 2. The van der Waals surface area contributed by atoms with Crippen molar-refractivity contribution in [2.45, 2.75) is 129 Å². The summed E-state index contributed by atoms with van der Waals surface area (Å²) in [6.45, 7) is 12.1. The molecule has 1 aliphatic heterocycles. The lowest BCUT2D eigenvalue weighted by Crippen LogP contribution is -2.56. The van der Waals surface area contributed by atoms with E-state index in [1.807, 2.05) is 0 Å². The maximum atomic E-state index is 10.6. The summed E-state index contributed by atoms with van der Waals surface area (Å²) in [7, 11) is 0. The molecule has 0 aromatic carbocycles. The first-order chi connectivity index (χ1) is 14.1. The highest BCUT2D eigenvalue weighted by molar-refractivity contribution is 5.40. The highest BCUT2D eigenvalue weighted by atomic mass is 16.5. The Balaban J connectivity index is 1.53. The van der Waals surface area contributed by atoms with Gasteiger partial charge in [-0.3, -0.25) is 0 Å². The van der Waals surface area contributed by atoms with E-state index in [9.17, 15) is 10.2 Å². The smallest absolute Gasteiger partial charge is 0.0845 e. The highest BCUT2D eigenvalue weighted by Gasteiger charge is 2.71. The quantitative estimate of drug-likeness (QED) is 0.561. The Labute approximate surface area is 183 Å². The van der Waals surface area contributed by atoms with E-state index in [1.165, 1.54) is 32.1 Å². The summed E-state index contributed by atoms with van der Waals surface area (Å²) in [6, 6.07) is 0. The van der Waals surface area contributed by atoms with Crippen LogP contribution in [0, 0.1) is 28.1 Å².